The summed E-state index contributed by atoms with van der Waals surface area (Å²) in [6, 6.07) is 0. The van der Waals surface area contributed by atoms with Gasteiger partial charge in [-0.1, -0.05) is 19.3 Å². The summed E-state index contributed by atoms with van der Waals surface area (Å²) in [5, 5.41) is 0. The summed E-state index contributed by atoms with van der Waals surface area (Å²) in [6.45, 7) is 4.13. The molecule has 1 fully saturated rings. The maximum Gasteiger partial charge on any atom is 0.171 e. The molecule has 3 N–H and O–H groups in total. The van der Waals surface area contributed by atoms with Gasteiger partial charge in [0.25, 0.3) is 0 Å². The van der Waals surface area contributed by atoms with Gasteiger partial charge in [-0.15, -0.1) is 0 Å². The molecule has 1 aliphatic heterocycles. The first-order valence-electron chi connectivity index (χ1n) is 5.84. The Kier molecular flexibility index (Phi) is 3.14. The average Bonchev–Trinajstić information content (AvgIpc) is 2.45. The molecule has 84 valence electrons. The van der Waals surface area contributed by atoms with Crippen molar-refractivity contribution in [2.75, 3.05) is 23.7 Å². The van der Waals surface area contributed by atoms with Crippen molar-refractivity contribution < 1.29 is 0 Å². The lowest BCUT2D eigenvalue weighted by molar-refractivity contribution is 0.554. The standard InChI is InChI=1S/C11H20N4/c1-9-13-10(12)11(14-9)15-7-5-3-2-4-6-8-15/h2-8,12H2,1H3,(H,13,14). The average molecular weight is 208 g/mol. The quantitative estimate of drug-likeness (QED) is 0.742. The van der Waals surface area contributed by atoms with Crippen molar-refractivity contribution in [3.63, 3.8) is 0 Å². The number of anilines is 2. The Bertz CT molecular complexity index is 310. The van der Waals surface area contributed by atoms with Crippen LogP contribution >= 0.6 is 0 Å². The second-order valence-electron chi connectivity index (χ2n) is 4.31. The van der Waals surface area contributed by atoms with Gasteiger partial charge in [0.05, 0.1) is 0 Å². The molecule has 0 atom stereocenters. The van der Waals surface area contributed by atoms with Crippen molar-refractivity contribution >= 4 is 11.6 Å². The third kappa shape index (κ3) is 2.43. The van der Waals surface area contributed by atoms with Crippen LogP contribution in [0, 0.1) is 6.92 Å². The number of aromatic amines is 1. The van der Waals surface area contributed by atoms with E-state index < -0.39 is 0 Å². The minimum Gasteiger partial charge on any atom is -0.382 e. The van der Waals surface area contributed by atoms with Crippen LogP contribution in [0.1, 0.15) is 37.9 Å². The fraction of sp³-hybridized carbons (Fsp3) is 0.727. The smallest absolute Gasteiger partial charge is 0.171 e. The summed E-state index contributed by atoms with van der Waals surface area (Å²) >= 11 is 0. The van der Waals surface area contributed by atoms with Crippen LogP contribution in [0.5, 0.6) is 0 Å². The molecule has 2 heterocycles. The summed E-state index contributed by atoms with van der Waals surface area (Å²) in [4.78, 5) is 9.83. The number of H-pyrrole nitrogens is 1. The summed E-state index contributed by atoms with van der Waals surface area (Å²) in [6.07, 6.45) is 6.55. The number of rotatable bonds is 1. The summed E-state index contributed by atoms with van der Waals surface area (Å²) < 4.78 is 0. The largest absolute Gasteiger partial charge is 0.382 e. The number of nitrogen functional groups attached to an aromatic ring is 1. The van der Waals surface area contributed by atoms with Crippen molar-refractivity contribution in [3.05, 3.63) is 5.82 Å². The summed E-state index contributed by atoms with van der Waals surface area (Å²) in [7, 11) is 0. The molecule has 4 nitrogen and oxygen atoms in total. The maximum atomic E-state index is 5.90. The zero-order valence-corrected chi connectivity index (χ0v) is 9.42. The molecule has 0 aliphatic carbocycles. The Labute approximate surface area is 90.9 Å². The van der Waals surface area contributed by atoms with Crippen LogP contribution in [0.4, 0.5) is 11.6 Å². The van der Waals surface area contributed by atoms with E-state index in [1.54, 1.807) is 0 Å². The molecule has 0 radical (unpaired) electrons. The fourth-order valence-corrected chi connectivity index (χ4v) is 2.20. The molecule has 2 rings (SSSR count). The maximum absolute atomic E-state index is 5.90. The van der Waals surface area contributed by atoms with Gasteiger partial charge in [0.15, 0.2) is 5.82 Å². The van der Waals surface area contributed by atoms with Crippen LogP contribution < -0.4 is 10.6 Å². The van der Waals surface area contributed by atoms with E-state index in [2.05, 4.69) is 14.9 Å². The zero-order valence-electron chi connectivity index (χ0n) is 9.42. The molecule has 4 heteroatoms. The van der Waals surface area contributed by atoms with Crippen molar-refractivity contribution in [2.24, 2.45) is 0 Å². The van der Waals surface area contributed by atoms with Crippen LogP contribution in [0.3, 0.4) is 0 Å². The van der Waals surface area contributed by atoms with Gasteiger partial charge < -0.3 is 15.6 Å². The molecule has 0 unspecified atom stereocenters. The predicted molar refractivity (Wildman–Crippen MR) is 63.0 cm³/mol. The van der Waals surface area contributed by atoms with E-state index in [0.29, 0.717) is 5.82 Å². The van der Waals surface area contributed by atoms with Crippen molar-refractivity contribution in [1.82, 2.24) is 9.97 Å². The first-order valence-corrected chi connectivity index (χ1v) is 5.84. The number of nitrogens with zero attached hydrogens (tertiary/aromatic N) is 2. The molecule has 0 bridgehead atoms. The topological polar surface area (TPSA) is 57.9 Å². The molecule has 0 saturated carbocycles. The van der Waals surface area contributed by atoms with E-state index in [-0.39, 0.29) is 0 Å². The summed E-state index contributed by atoms with van der Waals surface area (Å²) in [5.41, 5.74) is 5.90. The second kappa shape index (κ2) is 4.55. The SMILES string of the molecule is Cc1nc(N2CCCCCCC2)c(N)[nH]1. The molecular formula is C11H20N4. The van der Waals surface area contributed by atoms with Crippen molar-refractivity contribution in [2.45, 2.75) is 39.0 Å². The number of imidazole rings is 1. The molecule has 0 amide bonds. The lowest BCUT2D eigenvalue weighted by Crippen LogP contribution is -2.28. The molecule has 1 aromatic rings. The Hall–Kier alpha value is -1.19. The Morgan fingerprint density at radius 1 is 1.13 bits per heavy atom. The molecule has 0 spiro atoms. The number of aryl methyl sites for hydroxylation is 1. The van der Waals surface area contributed by atoms with E-state index >= 15 is 0 Å². The van der Waals surface area contributed by atoms with Gasteiger partial charge in [-0.3, -0.25) is 0 Å². The monoisotopic (exact) mass is 208 g/mol. The lowest BCUT2D eigenvalue weighted by atomic mass is 10.1. The highest BCUT2D eigenvalue weighted by Crippen LogP contribution is 2.22. The normalized spacial score (nSPS) is 18.6. The highest BCUT2D eigenvalue weighted by atomic mass is 15.2. The molecule has 1 saturated heterocycles. The predicted octanol–water partition coefficient (Wildman–Crippen LogP) is 2.07. The summed E-state index contributed by atoms with van der Waals surface area (Å²) in [5.74, 6) is 2.58. The van der Waals surface area contributed by atoms with E-state index in [9.17, 15) is 0 Å². The third-order valence-electron chi connectivity index (χ3n) is 2.99. The highest BCUT2D eigenvalue weighted by Gasteiger charge is 2.14. The first-order chi connectivity index (χ1) is 7.27. The van der Waals surface area contributed by atoms with Gasteiger partial charge in [0.1, 0.15) is 11.6 Å². The van der Waals surface area contributed by atoms with Gasteiger partial charge in [0.2, 0.25) is 0 Å². The van der Waals surface area contributed by atoms with Crippen molar-refractivity contribution in [3.8, 4) is 0 Å². The van der Waals surface area contributed by atoms with Crippen molar-refractivity contribution in [1.29, 1.82) is 0 Å². The number of hydrogen-bond donors (Lipinski definition) is 2. The minimum absolute atomic E-state index is 0.716. The van der Waals surface area contributed by atoms with Gasteiger partial charge in [-0.25, -0.2) is 4.98 Å². The molecule has 1 aromatic heterocycles. The Balaban J connectivity index is 2.09. The Morgan fingerprint density at radius 3 is 2.27 bits per heavy atom. The second-order valence-corrected chi connectivity index (χ2v) is 4.31. The lowest BCUT2D eigenvalue weighted by Gasteiger charge is -2.24. The van der Waals surface area contributed by atoms with Crippen LogP contribution in [-0.4, -0.2) is 23.1 Å². The van der Waals surface area contributed by atoms with Gasteiger partial charge in [0, 0.05) is 13.1 Å². The van der Waals surface area contributed by atoms with E-state index in [0.717, 1.165) is 24.7 Å². The molecular weight excluding hydrogens is 188 g/mol. The van der Waals surface area contributed by atoms with E-state index in [1.807, 2.05) is 6.92 Å². The fourth-order valence-electron chi connectivity index (χ4n) is 2.20. The minimum atomic E-state index is 0.716. The number of aromatic nitrogens is 2. The van der Waals surface area contributed by atoms with Gasteiger partial charge in [-0.05, 0) is 19.8 Å². The van der Waals surface area contributed by atoms with Crippen LogP contribution in [0.15, 0.2) is 0 Å². The van der Waals surface area contributed by atoms with Gasteiger partial charge in [-0.2, -0.15) is 0 Å². The molecule has 1 aliphatic rings. The van der Waals surface area contributed by atoms with Gasteiger partial charge >= 0.3 is 0 Å². The van der Waals surface area contributed by atoms with Crippen LogP contribution in [-0.2, 0) is 0 Å². The number of nitrogens with one attached hydrogen (secondary N) is 1. The van der Waals surface area contributed by atoms with E-state index in [4.69, 9.17) is 5.73 Å². The number of hydrogen-bond acceptors (Lipinski definition) is 3. The highest BCUT2D eigenvalue weighted by molar-refractivity contribution is 5.58. The first kappa shape index (κ1) is 10.3. The molecule has 0 aromatic carbocycles. The number of nitrogens with two attached hydrogens (primary N) is 1. The van der Waals surface area contributed by atoms with Crippen LogP contribution in [0.25, 0.3) is 0 Å². The van der Waals surface area contributed by atoms with Crippen LogP contribution in [0.2, 0.25) is 0 Å². The third-order valence-corrected chi connectivity index (χ3v) is 2.99. The molecule has 15 heavy (non-hydrogen) atoms. The van der Waals surface area contributed by atoms with E-state index in [1.165, 1.54) is 32.1 Å². The zero-order chi connectivity index (χ0) is 10.7. The Morgan fingerprint density at radius 2 is 1.73 bits per heavy atom.